The minimum Gasteiger partial charge on any atom is -0.427 e. The third kappa shape index (κ3) is 3.13. The van der Waals surface area contributed by atoms with E-state index in [0.717, 1.165) is 6.07 Å². The van der Waals surface area contributed by atoms with Gasteiger partial charge in [-0.1, -0.05) is 23.7 Å². The minimum atomic E-state index is -4.71. The molecule has 1 amide bonds. The van der Waals surface area contributed by atoms with Gasteiger partial charge < -0.3 is 9.64 Å². The average molecular weight is 415 g/mol. The van der Waals surface area contributed by atoms with Gasteiger partial charge in [-0.15, -0.1) is 0 Å². The molecular formula is C17H11ClF4N4O2. The second-order valence-corrected chi connectivity index (χ2v) is 6.52. The maximum Gasteiger partial charge on any atom is 0.461 e. The van der Waals surface area contributed by atoms with E-state index < -0.39 is 24.2 Å². The predicted octanol–water partition coefficient (Wildman–Crippen LogP) is 3.78. The number of alkyl halides is 4. The Labute approximate surface area is 160 Å². The number of hydrogen-bond acceptors (Lipinski definition) is 4. The van der Waals surface area contributed by atoms with E-state index in [1.807, 2.05) is 0 Å². The summed E-state index contributed by atoms with van der Waals surface area (Å²) in [6, 6.07) is 5.02. The number of hydrogen-bond donors (Lipinski definition) is 0. The Hall–Kier alpha value is -2.88. The molecule has 1 aliphatic rings. The highest BCUT2D eigenvalue weighted by Crippen LogP contribution is 2.33. The Bertz CT molecular complexity index is 1070. The van der Waals surface area contributed by atoms with Crippen molar-refractivity contribution in [2.45, 2.75) is 25.6 Å². The summed E-state index contributed by atoms with van der Waals surface area (Å²) >= 11 is 5.88. The lowest BCUT2D eigenvalue weighted by molar-refractivity contribution is -0.253. The summed E-state index contributed by atoms with van der Waals surface area (Å²) in [5, 5.41) is 4.71. The van der Waals surface area contributed by atoms with E-state index in [1.54, 1.807) is 6.20 Å². The Balaban J connectivity index is 1.61. The number of halogens is 5. The molecule has 0 aliphatic carbocycles. The van der Waals surface area contributed by atoms with E-state index in [1.165, 1.54) is 33.8 Å². The van der Waals surface area contributed by atoms with Crippen molar-refractivity contribution in [1.82, 2.24) is 19.5 Å². The van der Waals surface area contributed by atoms with Crippen molar-refractivity contribution < 1.29 is 27.1 Å². The quantitative estimate of drug-likeness (QED) is 0.610. The number of carbonyl (C=O) groups excluding carboxylic acids is 1. The summed E-state index contributed by atoms with van der Waals surface area (Å²) in [6.07, 6.45) is -5.73. The summed E-state index contributed by atoms with van der Waals surface area (Å²) in [5.41, 5.74) is 1.55. The Morgan fingerprint density at radius 1 is 1.25 bits per heavy atom. The van der Waals surface area contributed by atoms with E-state index in [9.17, 15) is 22.4 Å². The lowest BCUT2D eigenvalue weighted by Gasteiger charge is -2.21. The van der Waals surface area contributed by atoms with Crippen LogP contribution in [0.15, 0.2) is 36.7 Å². The van der Waals surface area contributed by atoms with Crippen LogP contribution in [-0.4, -0.2) is 37.9 Å². The summed E-state index contributed by atoms with van der Waals surface area (Å²) in [4.78, 5) is 18.3. The molecule has 6 nitrogen and oxygen atoms in total. The standard InChI is InChI=1S/C17H11ClF4N4O2/c18-9-5-23-14-11-7-25(8-12(11)24-26(14)6-9)15(27)10-3-1-2-4-13(10)28-17(21,22)16(19)20/h1-6,16H,7-8H2. The van der Waals surface area contributed by atoms with Gasteiger partial charge in [0.05, 0.1) is 35.6 Å². The molecule has 1 aliphatic heterocycles. The van der Waals surface area contributed by atoms with Crippen LogP contribution in [-0.2, 0) is 13.1 Å². The van der Waals surface area contributed by atoms with Crippen LogP contribution in [0.4, 0.5) is 17.6 Å². The van der Waals surface area contributed by atoms with E-state index in [4.69, 9.17) is 11.6 Å². The van der Waals surface area contributed by atoms with Gasteiger partial charge in [0, 0.05) is 11.8 Å². The van der Waals surface area contributed by atoms with E-state index >= 15 is 0 Å². The number of rotatable bonds is 4. The van der Waals surface area contributed by atoms with Crippen LogP contribution >= 0.6 is 11.6 Å². The van der Waals surface area contributed by atoms with Crippen molar-refractivity contribution in [1.29, 1.82) is 0 Å². The number of nitrogens with zero attached hydrogens (tertiary/aromatic N) is 4. The molecule has 0 radical (unpaired) electrons. The Kier molecular flexibility index (Phi) is 4.37. The second-order valence-electron chi connectivity index (χ2n) is 6.09. The fourth-order valence-electron chi connectivity index (χ4n) is 2.96. The second kappa shape index (κ2) is 6.62. The maximum absolute atomic E-state index is 13.3. The molecule has 1 aromatic carbocycles. The van der Waals surface area contributed by atoms with Crippen molar-refractivity contribution in [3.05, 3.63) is 58.5 Å². The molecule has 0 unspecified atom stereocenters. The first-order chi connectivity index (χ1) is 13.3. The highest BCUT2D eigenvalue weighted by atomic mass is 35.5. The van der Waals surface area contributed by atoms with Gasteiger partial charge in [0.15, 0.2) is 5.65 Å². The molecule has 28 heavy (non-hydrogen) atoms. The largest absolute Gasteiger partial charge is 0.461 e. The summed E-state index contributed by atoms with van der Waals surface area (Å²) < 4.78 is 57.1. The molecule has 2 aromatic heterocycles. The number of carbonyl (C=O) groups is 1. The van der Waals surface area contributed by atoms with Gasteiger partial charge >= 0.3 is 12.5 Å². The lowest BCUT2D eigenvalue weighted by Crippen LogP contribution is -2.34. The van der Waals surface area contributed by atoms with Crippen LogP contribution in [0.25, 0.3) is 5.65 Å². The normalized spacial score (nSPS) is 14.0. The monoisotopic (exact) mass is 414 g/mol. The van der Waals surface area contributed by atoms with Gasteiger partial charge in [-0.05, 0) is 12.1 Å². The SMILES string of the molecule is O=C(c1ccccc1OC(F)(F)C(F)F)N1Cc2nn3cc(Cl)cnc3c2C1. The molecule has 4 rings (SSSR count). The lowest BCUT2D eigenvalue weighted by atomic mass is 10.1. The van der Waals surface area contributed by atoms with Crippen molar-refractivity contribution in [2.75, 3.05) is 0 Å². The van der Waals surface area contributed by atoms with Gasteiger partial charge in [0.2, 0.25) is 0 Å². The van der Waals surface area contributed by atoms with Gasteiger partial charge in [-0.25, -0.2) is 9.50 Å². The van der Waals surface area contributed by atoms with Crippen molar-refractivity contribution in [3.8, 4) is 5.75 Å². The van der Waals surface area contributed by atoms with E-state index in [-0.39, 0.29) is 18.7 Å². The highest BCUT2D eigenvalue weighted by molar-refractivity contribution is 6.30. The summed E-state index contributed by atoms with van der Waals surface area (Å²) in [5.74, 6) is -1.27. The number of aromatic nitrogens is 3. The topological polar surface area (TPSA) is 59.7 Å². The molecule has 0 fully saturated rings. The van der Waals surface area contributed by atoms with Gasteiger partial charge in [-0.2, -0.15) is 22.7 Å². The van der Waals surface area contributed by atoms with Crippen LogP contribution < -0.4 is 4.74 Å². The number of ether oxygens (including phenoxy) is 1. The molecule has 0 saturated heterocycles. The fraction of sp³-hybridized carbons (Fsp3) is 0.235. The van der Waals surface area contributed by atoms with Crippen LogP contribution in [0.3, 0.4) is 0 Å². The molecular weight excluding hydrogens is 404 g/mol. The highest BCUT2D eigenvalue weighted by Gasteiger charge is 2.45. The molecule has 0 atom stereocenters. The zero-order valence-electron chi connectivity index (χ0n) is 14.0. The van der Waals surface area contributed by atoms with Crippen LogP contribution in [0.5, 0.6) is 5.75 Å². The van der Waals surface area contributed by atoms with Crippen LogP contribution in [0.1, 0.15) is 21.6 Å². The number of amides is 1. The maximum atomic E-state index is 13.3. The van der Waals surface area contributed by atoms with Crippen molar-refractivity contribution >= 4 is 23.2 Å². The Morgan fingerprint density at radius 2 is 2.00 bits per heavy atom. The molecule has 3 heterocycles. The summed E-state index contributed by atoms with van der Waals surface area (Å²) in [7, 11) is 0. The average Bonchev–Trinajstić information content (AvgIpc) is 3.18. The third-order valence-electron chi connectivity index (χ3n) is 4.21. The summed E-state index contributed by atoms with van der Waals surface area (Å²) in [6.45, 7) is 0.237. The first-order valence-corrected chi connectivity index (χ1v) is 8.39. The molecule has 0 saturated carbocycles. The van der Waals surface area contributed by atoms with Gasteiger partial charge in [0.1, 0.15) is 5.75 Å². The number of benzene rings is 1. The molecule has 0 N–H and O–H groups in total. The predicted molar refractivity (Wildman–Crippen MR) is 89.6 cm³/mol. The van der Waals surface area contributed by atoms with E-state index in [2.05, 4.69) is 14.8 Å². The third-order valence-corrected chi connectivity index (χ3v) is 4.41. The van der Waals surface area contributed by atoms with Crippen molar-refractivity contribution in [2.24, 2.45) is 0 Å². The zero-order valence-corrected chi connectivity index (χ0v) is 14.7. The first kappa shape index (κ1) is 18.5. The Morgan fingerprint density at radius 3 is 2.75 bits per heavy atom. The fourth-order valence-corrected chi connectivity index (χ4v) is 3.10. The van der Waals surface area contributed by atoms with Crippen molar-refractivity contribution in [3.63, 3.8) is 0 Å². The molecule has 3 aromatic rings. The van der Waals surface area contributed by atoms with Gasteiger partial charge in [0.25, 0.3) is 5.91 Å². The molecule has 11 heteroatoms. The zero-order chi connectivity index (χ0) is 20.1. The molecule has 0 spiro atoms. The smallest absolute Gasteiger partial charge is 0.427 e. The first-order valence-electron chi connectivity index (χ1n) is 8.01. The number of fused-ring (bicyclic) bond motifs is 3. The van der Waals surface area contributed by atoms with E-state index in [0.29, 0.717) is 21.9 Å². The molecule has 146 valence electrons. The number of para-hydroxylation sites is 1. The van der Waals surface area contributed by atoms with Crippen LogP contribution in [0.2, 0.25) is 5.02 Å². The molecule has 0 bridgehead atoms. The van der Waals surface area contributed by atoms with Gasteiger partial charge in [-0.3, -0.25) is 4.79 Å². The van der Waals surface area contributed by atoms with Crippen LogP contribution in [0, 0.1) is 0 Å². The minimum absolute atomic E-state index is 0.106.